The van der Waals surface area contributed by atoms with Crippen molar-refractivity contribution >= 4 is 11.7 Å². The molecule has 0 spiro atoms. The Morgan fingerprint density at radius 3 is 2.86 bits per heavy atom. The molecule has 0 aliphatic heterocycles. The number of azide groups is 1. The molecule has 0 radical (unpaired) electrons. The number of carbonyl (C=O) groups is 1. The molecule has 1 aromatic rings. The third-order valence-corrected chi connectivity index (χ3v) is 1.59. The Bertz CT molecular complexity index is 410. The zero-order valence-electron chi connectivity index (χ0n) is 7.34. The molecule has 0 saturated carbocycles. The van der Waals surface area contributed by atoms with Crippen LogP contribution in [0.1, 0.15) is 10.4 Å². The predicted molar refractivity (Wildman–Crippen MR) is 48.8 cm³/mol. The molecule has 0 saturated heterocycles. The van der Waals surface area contributed by atoms with Gasteiger partial charge in [0.05, 0.1) is 18.4 Å². The van der Waals surface area contributed by atoms with Crippen molar-refractivity contribution < 1.29 is 14.6 Å². The topological polar surface area (TPSA) is 95.3 Å². The average Bonchev–Trinajstić information content (AvgIpc) is 2.17. The van der Waals surface area contributed by atoms with Gasteiger partial charge >= 0.3 is 5.97 Å². The molecule has 1 N–H and O–H groups in total. The molecule has 0 amide bonds. The van der Waals surface area contributed by atoms with Crippen molar-refractivity contribution in [3.05, 3.63) is 34.2 Å². The molecule has 72 valence electrons. The van der Waals surface area contributed by atoms with Crippen molar-refractivity contribution in [3.8, 4) is 5.75 Å². The summed E-state index contributed by atoms with van der Waals surface area (Å²) in [4.78, 5) is 13.2. The van der Waals surface area contributed by atoms with Crippen LogP contribution in [0.4, 0.5) is 5.69 Å². The van der Waals surface area contributed by atoms with Gasteiger partial charge in [-0.2, -0.15) is 0 Å². The first-order valence-electron chi connectivity index (χ1n) is 3.65. The molecule has 0 aliphatic carbocycles. The summed E-state index contributed by atoms with van der Waals surface area (Å²) in [7, 11) is 1.44. The second kappa shape index (κ2) is 4.15. The highest BCUT2D eigenvalue weighted by Gasteiger charge is 2.09. The molecule has 6 heteroatoms. The molecule has 0 bridgehead atoms. The van der Waals surface area contributed by atoms with Crippen molar-refractivity contribution in [2.75, 3.05) is 7.11 Å². The minimum absolute atomic E-state index is 0.0411. The van der Waals surface area contributed by atoms with Gasteiger partial charge in [-0.1, -0.05) is 5.11 Å². The number of nitrogens with zero attached hydrogens (tertiary/aromatic N) is 3. The standard InChI is InChI=1S/C8H7N3O3/c1-14-5-2-3-6(8(12)13)7(4-5)10-11-9/h2-4H,1H3,(H,12,13). The number of carboxylic acids is 1. The van der Waals surface area contributed by atoms with Crippen molar-refractivity contribution in [3.63, 3.8) is 0 Å². The lowest BCUT2D eigenvalue weighted by Crippen LogP contribution is -1.96. The molecular formula is C8H7N3O3. The van der Waals surface area contributed by atoms with Crippen LogP contribution in [0.5, 0.6) is 5.75 Å². The summed E-state index contributed by atoms with van der Waals surface area (Å²) in [6, 6.07) is 4.17. The van der Waals surface area contributed by atoms with Gasteiger partial charge in [-0.05, 0) is 23.7 Å². The quantitative estimate of drug-likeness (QED) is 0.453. The monoisotopic (exact) mass is 193 g/mol. The minimum atomic E-state index is -1.14. The average molecular weight is 193 g/mol. The van der Waals surface area contributed by atoms with Gasteiger partial charge in [-0.15, -0.1) is 0 Å². The van der Waals surface area contributed by atoms with E-state index in [1.54, 1.807) is 0 Å². The van der Waals surface area contributed by atoms with E-state index in [-0.39, 0.29) is 11.3 Å². The highest BCUT2D eigenvalue weighted by Crippen LogP contribution is 2.25. The summed E-state index contributed by atoms with van der Waals surface area (Å²) in [5.41, 5.74) is 8.20. The third kappa shape index (κ3) is 1.94. The second-order valence-electron chi connectivity index (χ2n) is 2.38. The fraction of sp³-hybridized carbons (Fsp3) is 0.125. The number of aromatic carboxylic acids is 1. The van der Waals surface area contributed by atoms with Crippen LogP contribution in [0.15, 0.2) is 23.3 Å². The predicted octanol–water partition coefficient (Wildman–Crippen LogP) is 2.34. The van der Waals surface area contributed by atoms with Gasteiger partial charge < -0.3 is 9.84 Å². The van der Waals surface area contributed by atoms with E-state index in [1.807, 2.05) is 0 Å². The van der Waals surface area contributed by atoms with E-state index in [2.05, 4.69) is 10.0 Å². The number of hydrogen-bond donors (Lipinski definition) is 1. The van der Waals surface area contributed by atoms with E-state index in [1.165, 1.54) is 25.3 Å². The fourth-order valence-electron chi connectivity index (χ4n) is 0.950. The van der Waals surface area contributed by atoms with Crippen LogP contribution in [0.2, 0.25) is 0 Å². The van der Waals surface area contributed by atoms with Gasteiger partial charge in [-0.3, -0.25) is 0 Å². The summed E-state index contributed by atoms with van der Waals surface area (Å²) < 4.78 is 4.86. The lowest BCUT2D eigenvalue weighted by atomic mass is 10.2. The number of rotatable bonds is 3. The molecule has 0 unspecified atom stereocenters. The molecule has 0 atom stereocenters. The lowest BCUT2D eigenvalue weighted by Gasteiger charge is -2.03. The molecule has 0 aromatic heterocycles. The van der Waals surface area contributed by atoms with Gasteiger partial charge in [0.25, 0.3) is 0 Å². The zero-order valence-corrected chi connectivity index (χ0v) is 7.34. The Balaban J connectivity index is 3.30. The molecule has 0 heterocycles. The van der Waals surface area contributed by atoms with Crippen LogP contribution in [-0.2, 0) is 0 Å². The van der Waals surface area contributed by atoms with E-state index < -0.39 is 5.97 Å². The number of carboxylic acid groups (broad SMARTS) is 1. The maximum absolute atomic E-state index is 10.7. The maximum atomic E-state index is 10.7. The molecule has 0 aliphatic rings. The highest BCUT2D eigenvalue weighted by atomic mass is 16.5. The van der Waals surface area contributed by atoms with Gasteiger partial charge in [-0.25, -0.2) is 4.79 Å². The summed E-state index contributed by atoms with van der Waals surface area (Å²) in [5.74, 6) is -0.701. The molecular weight excluding hydrogens is 186 g/mol. The van der Waals surface area contributed by atoms with E-state index in [9.17, 15) is 4.79 Å². The molecule has 1 aromatic carbocycles. The largest absolute Gasteiger partial charge is 0.497 e. The first-order chi connectivity index (χ1) is 6.69. The first-order valence-corrected chi connectivity index (χ1v) is 3.65. The number of methoxy groups -OCH3 is 1. The lowest BCUT2D eigenvalue weighted by molar-refractivity contribution is 0.0698. The fourth-order valence-corrected chi connectivity index (χ4v) is 0.950. The van der Waals surface area contributed by atoms with Crippen molar-refractivity contribution in [1.29, 1.82) is 0 Å². The van der Waals surface area contributed by atoms with E-state index >= 15 is 0 Å². The number of benzene rings is 1. The number of ether oxygens (including phenoxy) is 1. The Hall–Kier alpha value is -2.20. The maximum Gasteiger partial charge on any atom is 0.336 e. The highest BCUT2D eigenvalue weighted by molar-refractivity contribution is 5.93. The zero-order chi connectivity index (χ0) is 10.6. The van der Waals surface area contributed by atoms with Gasteiger partial charge in [0, 0.05) is 4.91 Å². The Morgan fingerprint density at radius 1 is 1.64 bits per heavy atom. The van der Waals surface area contributed by atoms with Crippen LogP contribution in [0.25, 0.3) is 10.4 Å². The van der Waals surface area contributed by atoms with Crippen molar-refractivity contribution in [2.45, 2.75) is 0 Å². The summed E-state index contributed by atoms with van der Waals surface area (Å²) in [6.45, 7) is 0. The van der Waals surface area contributed by atoms with Crippen LogP contribution >= 0.6 is 0 Å². The summed E-state index contributed by atoms with van der Waals surface area (Å²) >= 11 is 0. The van der Waals surface area contributed by atoms with E-state index in [4.69, 9.17) is 15.4 Å². The smallest absolute Gasteiger partial charge is 0.336 e. The minimum Gasteiger partial charge on any atom is -0.497 e. The Morgan fingerprint density at radius 2 is 2.36 bits per heavy atom. The van der Waals surface area contributed by atoms with Gasteiger partial charge in [0.1, 0.15) is 5.75 Å². The van der Waals surface area contributed by atoms with E-state index in [0.29, 0.717) is 5.75 Å². The number of hydrogen-bond acceptors (Lipinski definition) is 3. The first kappa shape index (κ1) is 9.88. The molecule has 6 nitrogen and oxygen atoms in total. The van der Waals surface area contributed by atoms with E-state index in [0.717, 1.165) is 0 Å². The van der Waals surface area contributed by atoms with Crippen LogP contribution in [0.3, 0.4) is 0 Å². The Labute approximate surface area is 79.4 Å². The van der Waals surface area contributed by atoms with Gasteiger partial charge in [0.2, 0.25) is 0 Å². The third-order valence-electron chi connectivity index (χ3n) is 1.59. The molecule has 0 fully saturated rings. The summed E-state index contributed by atoms with van der Waals surface area (Å²) in [6.07, 6.45) is 0. The van der Waals surface area contributed by atoms with Crippen LogP contribution < -0.4 is 4.74 Å². The SMILES string of the molecule is COc1ccc(C(=O)O)c(N=[N+]=[N-])c1. The van der Waals surface area contributed by atoms with Gasteiger partial charge in [0.15, 0.2) is 0 Å². The van der Waals surface area contributed by atoms with Crippen molar-refractivity contribution in [2.24, 2.45) is 5.11 Å². The van der Waals surface area contributed by atoms with Crippen molar-refractivity contribution in [1.82, 2.24) is 0 Å². The second-order valence-corrected chi connectivity index (χ2v) is 2.38. The van der Waals surface area contributed by atoms with Crippen LogP contribution in [0, 0.1) is 0 Å². The molecule has 14 heavy (non-hydrogen) atoms. The summed E-state index contributed by atoms with van der Waals surface area (Å²) in [5, 5.41) is 12.0. The normalized spacial score (nSPS) is 8.93. The Kier molecular flexibility index (Phi) is 2.93. The molecule has 1 rings (SSSR count). The van der Waals surface area contributed by atoms with Crippen LogP contribution in [-0.4, -0.2) is 18.2 Å².